The first-order valence-corrected chi connectivity index (χ1v) is 20.1. The van der Waals surface area contributed by atoms with Gasteiger partial charge in [-0.3, -0.25) is 14.5 Å². The second kappa shape index (κ2) is 16.6. The van der Waals surface area contributed by atoms with Crippen LogP contribution in [0.25, 0.3) is 0 Å². The van der Waals surface area contributed by atoms with E-state index in [2.05, 4.69) is 5.16 Å². The quantitative estimate of drug-likeness (QED) is 0.0472. The Hall–Kier alpha value is -5.97. The molecule has 0 aromatic heterocycles. The summed E-state index contributed by atoms with van der Waals surface area (Å²) in [5.74, 6) is 0.385. The third-order valence-electron chi connectivity index (χ3n) is 9.46. The number of carbonyl (C=O) groups excluding carboxylic acids is 2. The monoisotopic (exact) mass is 766 g/mol. The largest absolute Gasteiger partial charge is 0.490 e. The minimum absolute atomic E-state index is 0.191. The van der Waals surface area contributed by atoms with Gasteiger partial charge < -0.3 is 9.57 Å². The van der Waals surface area contributed by atoms with Gasteiger partial charge in [0.05, 0.1) is 20.8 Å². The van der Waals surface area contributed by atoms with Crippen molar-refractivity contribution in [2.45, 2.75) is 33.9 Å². The number of benzene rings is 6. The second-order valence-corrected chi connectivity index (χ2v) is 16.0. The summed E-state index contributed by atoms with van der Waals surface area (Å²) in [4.78, 5) is 35.8. The van der Waals surface area contributed by atoms with Crippen LogP contribution in [0.3, 0.4) is 0 Å². The van der Waals surface area contributed by atoms with Gasteiger partial charge >= 0.3 is 0 Å². The number of carbonyl (C=O) groups is 2. The number of hydrogen-bond acceptors (Lipinski definition) is 8. The van der Waals surface area contributed by atoms with E-state index < -0.39 is 20.6 Å². The van der Waals surface area contributed by atoms with E-state index in [1.54, 1.807) is 61.5 Å². The Labute approximate surface area is 325 Å². The molecule has 7 rings (SSSR count). The highest BCUT2D eigenvalue weighted by Crippen LogP contribution is 2.47. The van der Waals surface area contributed by atoms with Crippen LogP contribution in [0.15, 0.2) is 185 Å². The number of sulfone groups is 1. The molecule has 1 aliphatic heterocycles. The van der Waals surface area contributed by atoms with Gasteiger partial charge in [-0.2, -0.15) is 0 Å². The fourth-order valence-electron chi connectivity index (χ4n) is 6.75. The first kappa shape index (κ1) is 37.3. The van der Waals surface area contributed by atoms with Crippen LogP contribution >= 0.6 is 11.8 Å². The minimum atomic E-state index is -3.60. The summed E-state index contributed by atoms with van der Waals surface area (Å²) in [6.07, 6.45) is 0.372. The Balaban J connectivity index is 0.977. The zero-order chi connectivity index (χ0) is 38.3. The molecule has 1 aliphatic rings. The van der Waals surface area contributed by atoms with Gasteiger partial charge in [0.2, 0.25) is 15.7 Å². The molecular formula is C45H38N2O6S2. The fraction of sp³-hybridized carbons (Fsp3) is 0.133. The normalized spacial score (nSPS) is 14.9. The molecular weight excluding hydrogens is 729 g/mol. The molecule has 0 N–H and O–H groups in total. The number of amides is 2. The first-order valence-electron chi connectivity index (χ1n) is 17.8. The van der Waals surface area contributed by atoms with Crippen LogP contribution in [0.4, 0.5) is 4.79 Å². The molecule has 1 fully saturated rings. The third-order valence-corrected chi connectivity index (χ3v) is 12.3. The SMILES string of the molecule is C/C(=N/OCCOc1ccc(CC2SC(=O)N(C(c3ccccc3)(c3ccccc3)c3ccccc3)C2=O)cc1)c1ccc(S(=O)(=O)c2ccccc2)cc1. The summed E-state index contributed by atoms with van der Waals surface area (Å²) in [5.41, 5.74) is 3.55. The summed E-state index contributed by atoms with van der Waals surface area (Å²) >= 11 is 1.06. The lowest BCUT2D eigenvalue weighted by atomic mass is 9.75. The number of hydrogen-bond donors (Lipinski definition) is 0. The molecule has 1 unspecified atom stereocenters. The van der Waals surface area contributed by atoms with Gasteiger partial charge in [-0.25, -0.2) is 8.42 Å². The summed E-state index contributed by atoms with van der Waals surface area (Å²) in [6, 6.07) is 51.5. The maximum atomic E-state index is 14.4. The van der Waals surface area contributed by atoms with Crippen molar-refractivity contribution in [3.05, 3.63) is 198 Å². The Kier molecular flexibility index (Phi) is 11.3. The third kappa shape index (κ3) is 7.83. The predicted molar refractivity (Wildman–Crippen MR) is 215 cm³/mol. The van der Waals surface area contributed by atoms with Crippen LogP contribution in [0.2, 0.25) is 0 Å². The van der Waals surface area contributed by atoms with Crippen molar-refractivity contribution in [3.8, 4) is 5.75 Å². The van der Waals surface area contributed by atoms with Gasteiger partial charge in [0.1, 0.15) is 17.9 Å². The van der Waals surface area contributed by atoms with Crippen molar-refractivity contribution in [1.82, 2.24) is 4.90 Å². The van der Waals surface area contributed by atoms with Crippen molar-refractivity contribution >= 4 is 38.5 Å². The van der Waals surface area contributed by atoms with Gasteiger partial charge in [0.15, 0.2) is 6.61 Å². The average Bonchev–Trinajstić information content (AvgIpc) is 3.51. The molecule has 0 radical (unpaired) electrons. The molecule has 0 aliphatic carbocycles. The average molecular weight is 767 g/mol. The van der Waals surface area contributed by atoms with Crippen molar-refractivity contribution < 1.29 is 27.6 Å². The number of nitrogens with zero attached hydrogens (tertiary/aromatic N) is 2. The number of imide groups is 1. The van der Waals surface area contributed by atoms with Crippen molar-refractivity contribution in [2.24, 2.45) is 5.16 Å². The van der Waals surface area contributed by atoms with E-state index in [0.717, 1.165) is 39.6 Å². The lowest BCUT2D eigenvalue weighted by Gasteiger charge is -2.42. The molecule has 0 bridgehead atoms. The van der Waals surface area contributed by atoms with E-state index in [0.29, 0.717) is 17.9 Å². The van der Waals surface area contributed by atoms with Crippen molar-refractivity contribution in [3.63, 3.8) is 0 Å². The lowest BCUT2D eigenvalue weighted by Crippen LogP contribution is -2.51. The fourth-order valence-corrected chi connectivity index (χ4v) is 9.09. The number of rotatable bonds is 14. The van der Waals surface area contributed by atoms with E-state index in [4.69, 9.17) is 9.57 Å². The van der Waals surface area contributed by atoms with Gasteiger partial charge in [0.25, 0.3) is 5.24 Å². The molecule has 1 saturated heterocycles. The van der Waals surface area contributed by atoms with Crippen LogP contribution in [0, 0.1) is 0 Å². The molecule has 0 saturated carbocycles. The molecule has 1 atom stereocenters. The van der Waals surface area contributed by atoms with Crippen molar-refractivity contribution in [1.29, 1.82) is 0 Å². The maximum Gasteiger partial charge on any atom is 0.290 e. The van der Waals surface area contributed by atoms with Crippen molar-refractivity contribution in [2.75, 3.05) is 13.2 Å². The Morgan fingerprint density at radius 1 is 0.655 bits per heavy atom. The number of thioether (sulfide) groups is 1. The Morgan fingerprint density at radius 2 is 1.15 bits per heavy atom. The highest BCUT2D eigenvalue weighted by Gasteiger charge is 2.54. The lowest BCUT2D eigenvalue weighted by molar-refractivity contribution is -0.129. The molecule has 276 valence electrons. The molecule has 6 aromatic carbocycles. The standard InChI is InChI=1S/C45H38N2O6S2/c1-33(35-24-28-41(29-25-35)55(50,51)40-20-12-5-13-21-40)46-53-31-30-52-39-26-22-34(23-27-39)32-42-43(48)47(44(49)54-42)45(36-14-6-2-7-15-36,37-16-8-3-9-17-37)38-18-10-4-11-19-38/h2-29,42H,30-32H2,1H3/b46-33-. The summed E-state index contributed by atoms with van der Waals surface area (Å²) < 4.78 is 31.6. The molecule has 8 nitrogen and oxygen atoms in total. The highest BCUT2D eigenvalue weighted by molar-refractivity contribution is 8.15. The van der Waals surface area contributed by atoms with Gasteiger partial charge in [-0.05, 0) is 77.6 Å². The summed E-state index contributed by atoms with van der Waals surface area (Å²) in [5, 5.41) is 3.27. The van der Waals surface area contributed by atoms with Gasteiger partial charge in [-0.15, -0.1) is 0 Å². The Bertz CT molecular complexity index is 2280. The minimum Gasteiger partial charge on any atom is -0.490 e. The van der Waals surface area contributed by atoms with E-state index in [1.807, 2.05) is 115 Å². The smallest absolute Gasteiger partial charge is 0.290 e. The molecule has 6 aromatic rings. The predicted octanol–water partition coefficient (Wildman–Crippen LogP) is 8.94. The summed E-state index contributed by atoms with van der Waals surface area (Å²) in [6.45, 7) is 2.22. The van der Waals surface area contributed by atoms with E-state index in [1.165, 1.54) is 4.90 Å². The zero-order valence-electron chi connectivity index (χ0n) is 30.0. The molecule has 1 heterocycles. The first-order chi connectivity index (χ1) is 26.8. The maximum absolute atomic E-state index is 14.4. The molecule has 10 heteroatoms. The topological polar surface area (TPSA) is 102 Å². The van der Waals surface area contributed by atoms with Crippen LogP contribution < -0.4 is 4.74 Å². The summed E-state index contributed by atoms with van der Waals surface area (Å²) in [7, 11) is -3.60. The van der Waals surface area contributed by atoms with Crippen LogP contribution in [0.1, 0.15) is 34.7 Å². The number of oxime groups is 1. The second-order valence-electron chi connectivity index (χ2n) is 12.9. The van der Waals surface area contributed by atoms with Crippen LogP contribution in [-0.4, -0.2) is 48.6 Å². The molecule has 0 spiro atoms. The molecule has 2 amide bonds. The van der Waals surface area contributed by atoms with Gasteiger partial charge in [-0.1, -0.05) is 150 Å². The highest BCUT2D eigenvalue weighted by atomic mass is 32.2. The van der Waals surface area contributed by atoms with Gasteiger partial charge in [0, 0.05) is 0 Å². The van der Waals surface area contributed by atoms with E-state index in [-0.39, 0.29) is 34.2 Å². The van der Waals surface area contributed by atoms with E-state index in [9.17, 15) is 18.0 Å². The van der Waals surface area contributed by atoms with Crippen LogP contribution in [-0.2, 0) is 31.4 Å². The molecule has 55 heavy (non-hydrogen) atoms. The number of ether oxygens (including phenoxy) is 1. The zero-order valence-corrected chi connectivity index (χ0v) is 31.7. The van der Waals surface area contributed by atoms with E-state index >= 15 is 0 Å². The van der Waals surface area contributed by atoms with Crippen LogP contribution in [0.5, 0.6) is 5.75 Å². The Morgan fingerprint density at radius 3 is 1.67 bits per heavy atom.